The molecule has 0 saturated heterocycles. The number of H-pyrrole nitrogens is 1. The maximum absolute atomic E-state index is 9.71. The number of nitriles is 1. The number of halogens is 1. The Morgan fingerprint density at radius 3 is 2.76 bits per heavy atom. The summed E-state index contributed by atoms with van der Waals surface area (Å²) in [6.07, 6.45) is 1.77. The quantitative estimate of drug-likeness (QED) is 0.470. The summed E-state index contributed by atoms with van der Waals surface area (Å²) < 4.78 is 17.6. The Kier molecular flexibility index (Phi) is 6.45. The third-order valence-electron chi connectivity index (χ3n) is 4.06. The summed E-state index contributed by atoms with van der Waals surface area (Å²) in [7, 11) is 1.61. The Balaban J connectivity index is 2.03. The van der Waals surface area contributed by atoms with Crippen molar-refractivity contribution >= 4 is 38.6 Å². The van der Waals surface area contributed by atoms with Crippen molar-refractivity contribution in [3.63, 3.8) is 0 Å². The van der Waals surface area contributed by atoms with Gasteiger partial charge in [-0.1, -0.05) is 0 Å². The Morgan fingerprint density at radius 1 is 1.31 bits per heavy atom. The van der Waals surface area contributed by atoms with E-state index in [0.29, 0.717) is 29.5 Å². The predicted octanol–water partition coefficient (Wildman–Crippen LogP) is 5.58. The number of aromatic amines is 1. The molecule has 3 rings (SSSR count). The van der Waals surface area contributed by atoms with Crippen LogP contribution < -0.4 is 14.2 Å². The monoisotopic (exact) mass is 455 g/mol. The molecule has 1 heterocycles. The van der Waals surface area contributed by atoms with Crippen LogP contribution in [-0.2, 0) is 0 Å². The van der Waals surface area contributed by atoms with Gasteiger partial charge in [0.15, 0.2) is 11.5 Å². The molecule has 0 aliphatic heterocycles. The molecule has 0 spiro atoms. The summed E-state index contributed by atoms with van der Waals surface area (Å²) in [6.45, 7) is 6.34. The van der Waals surface area contributed by atoms with Gasteiger partial charge in [-0.05, 0) is 72.6 Å². The lowest BCUT2D eigenvalue weighted by molar-refractivity contribution is 0.222. The summed E-state index contributed by atoms with van der Waals surface area (Å²) in [4.78, 5) is 7.71. The van der Waals surface area contributed by atoms with Crippen LogP contribution in [0.3, 0.4) is 0 Å². The van der Waals surface area contributed by atoms with Gasteiger partial charge in [-0.15, -0.1) is 0 Å². The first-order valence-electron chi connectivity index (χ1n) is 9.24. The molecule has 6 nitrogen and oxygen atoms in total. The summed E-state index contributed by atoms with van der Waals surface area (Å²) in [5, 5.41) is 9.71. The molecule has 7 heteroatoms. The van der Waals surface area contributed by atoms with Crippen molar-refractivity contribution in [2.75, 3.05) is 13.7 Å². The van der Waals surface area contributed by atoms with E-state index in [1.807, 2.05) is 51.1 Å². The van der Waals surface area contributed by atoms with E-state index in [0.717, 1.165) is 26.8 Å². The minimum absolute atomic E-state index is 0.00843. The largest absolute Gasteiger partial charge is 0.497 e. The lowest BCUT2D eigenvalue weighted by Crippen LogP contribution is -2.08. The molecule has 0 unspecified atom stereocenters. The van der Waals surface area contributed by atoms with Crippen molar-refractivity contribution in [1.82, 2.24) is 9.97 Å². The van der Waals surface area contributed by atoms with Crippen LogP contribution in [0.4, 0.5) is 0 Å². The van der Waals surface area contributed by atoms with E-state index in [2.05, 4.69) is 32.0 Å². The fourth-order valence-electron chi connectivity index (χ4n) is 2.85. The minimum atomic E-state index is 0.00843. The number of fused-ring (bicyclic) bond motifs is 1. The Bertz CT molecular complexity index is 1100. The standard InChI is InChI=1S/C22H22BrN3O3/c1-5-28-20-10-14(9-17(23)21(20)29-13(2)3)8-15(12-24)22-25-18-7-6-16(27-4)11-19(18)26-22/h6-11,13H,5H2,1-4H3,(H,25,26)/b15-8-. The van der Waals surface area contributed by atoms with Crippen molar-refractivity contribution in [3.8, 4) is 23.3 Å². The third-order valence-corrected chi connectivity index (χ3v) is 4.65. The Morgan fingerprint density at radius 2 is 2.10 bits per heavy atom. The first-order valence-corrected chi connectivity index (χ1v) is 10.0. The molecule has 1 aromatic heterocycles. The van der Waals surface area contributed by atoms with E-state index in [-0.39, 0.29) is 6.10 Å². The summed E-state index contributed by atoms with van der Waals surface area (Å²) >= 11 is 3.55. The van der Waals surface area contributed by atoms with Gasteiger partial charge in [-0.2, -0.15) is 5.26 Å². The molecular weight excluding hydrogens is 434 g/mol. The lowest BCUT2D eigenvalue weighted by atomic mass is 10.1. The highest BCUT2D eigenvalue weighted by atomic mass is 79.9. The molecule has 0 radical (unpaired) electrons. The number of nitrogens with one attached hydrogen (secondary N) is 1. The molecule has 29 heavy (non-hydrogen) atoms. The highest BCUT2D eigenvalue weighted by Crippen LogP contribution is 2.38. The second-order valence-electron chi connectivity index (χ2n) is 6.57. The van der Waals surface area contributed by atoms with E-state index in [1.165, 1.54) is 0 Å². The van der Waals surface area contributed by atoms with Crippen molar-refractivity contribution in [3.05, 3.63) is 46.2 Å². The first kappa shape index (κ1) is 20.7. The van der Waals surface area contributed by atoms with Crippen LogP contribution in [0.2, 0.25) is 0 Å². The average molecular weight is 456 g/mol. The van der Waals surface area contributed by atoms with Crippen LogP contribution >= 0.6 is 15.9 Å². The number of ether oxygens (including phenoxy) is 3. The molecule has 0 atom stereocenters. The number of allylic oxidation sites excluding steroid dienone is 1. The van der Waals surface area contributed by atoms with Gasteiger partial charge in [0.25, 0.3) is 0 Å². The second kappa shape index (κ2) is 9.01. The molecular formula is C22H22BrN3O3. The van der Waals surface area contributed by atoms with Crippen LogP contribution in [0.5, 0.6) is 17.2 Å². The topological polar surface area (TPSA) is 80.2 Å². The van der Waals surface area contributed by atoms with E-state index in [9.17, 15) is 5.26 Å². The maximum atomic E-state index is 9.71. The van der Waals surface area contributed by atoms with Gasteiger partial charge in [0.05, 0.1) is 40.9 Å². The number of aromatic nitrogens is 2. The fraction of sp³-hybridized carbons (Fsp3) is 0.273. The van der Waals surface area contributed by atoms with Crippen LogP contribution in [0.15, 0.2) is 34.8 Å². The smallest absolute Gasteiger partial charge is 0.175 e. The number of benzene rings is 2. The van der Waals surface area contributed by atoms with Gasteiger partial charge in [-0.3, -0.25) is 0 Å². The highest BCUT2D eigenvalue weighted by molar-refractivity contribution is 9.10. The van der Waals surface area contributed by atoms with Gasteiger partial charge in [0, 0.05) is 6.07 Å². The number of rotatable bonds is 7. The predicted molar refractivity (Wildman–Crippen MR) is 117 cm³/mol. The number of imidazole rings is 1. The average Bonchev–Trinajstić information content (AvgIpc) is 3.11. The van der Waals surface area contributed by atoms with Crippen LogP contribution in [0.25, 0.3) is 22.7 Å². The molecule has 0 fully saturated rings. The minimum Gasteiger partial charge on any atom is -0.497 e. The van der Waals surface area contributed by atoms with Gasteiger partial charge < -0.3 is 19.2 Å². The summed E-state index contributed by atoms with van der Waals surface area (Å²) in [6, 6.07) is 11.5. The zero-order chi connectivity index (χ0) is 21.0. The molecule has 0 saturated carbocycles. The Labute approximate surface area is 178 Å². The molecule has 3 aromatic rings. The van der Waals surface area contributed by atoms with E-state index < -0.39 is 0 Å². The number of methoxy groups -OCH3 is 1. The highest BCUT2D eigenvalue weighted by Gasteiger charge is 2.15. The third kappa shape index (κ3) is 4.72. The van der Waals surface area contributed by atoms with Gasteiger partial charge in [-0.25, -0.2) is 4.98 Å². The van der Waals surface area contributed by atoms with Gasteiger partial charge >= 0.3 is 0 Å². The van der Waals surface area contributed by atoms with Crippen molar-refractivity contribution in [2.24, 2.45) is 0 Å². The zero-order valence-corrected chi connectivity index (χ0v) is 18.3. The van der Waals surface area contributed by atoms with E-state index in [4.69, 9.17) is 14.2 Å². The number of nitrogens with zero attached hydrogens (tertiary/aromatic N) is 2. The molecule has 150 valence electrons. The second-order valence-corrected chi connectivity index (χ2v) is 7.42. The molecule has 2 aromatic carbocycles. The lowest BCUT2D eigenvalue weighted by Gasteiger charge is -2.17. The first-order chi connectivity index (χ1) is 13.9. The summed E-state index contributed by atoms with van der Waals surface area (Å²) in [5.74, 6) is 2.48. The van der Waals surface area contributed by atoms with Crippen LogP contribution in [-0.4, -0.2) is 29.8 Å². The van der Waals surface area contributed by atoms with Crippen LogP contribution in [0.1, 0.15) is 32.2 Å². The zero-order valence-electron chi connectivity index (χ0n) is 16.7. The maximum Gasteiger partial charge on any atom is 0.175 e. The SMILES string of the molecule is CCOc1cc(/C=C(/C#N)c2nc3ccc(OC)cc3[nH]2)cc(Br)c1OC(C)C. The Hall–Kier alpha value is -2.98. The molecule has 1 N–H and O–H groups in total. The fourth-order valence-corrected chi connectivity index (χ4v) is 3.40. The number of hydrogen-bond donors (Lipinski definition) is 1. The molecule has 0 aliphatic carbocycles. The molecule has 0 amide bonds. The van der Waals surface area contributed by atoms with Crippen molar-refractivity contribution in [1.29, 1.82) is 5.26 Å². The van der Waals surface area contributed by atoms with Gasteiger partial charge in [0.2, 0.25) is 0 Å². The molecule has 0 bridgehead atoms. The van der Waals surface area contributed by atoms with E-state index in [1.54, 1.807) is 13.2 Å². The van der Waals surface area contributed by atoms with Crippen LogP contribution in [0, 0.1) is 11.3 Å². The van der Waals surface area contributed by atoms with E-state index >= 15 is 0 Å². The van der Waals surface area contributed by atoms with Crippen molar-refractivity contribution in [2.45, 2.75) is 26.9 Å². The number of hydrogen-bond acceptors (Lipinski definition) is 5. The molecule has 0 aliphatic rings. The van der Waals surface area contributed by atoms with Gasteiger partial charge in [0.1, 0.15) is 17.6 Å². The normalized spacial score (nSPS) is 11.6. The summed E-state index contributed by atoms with van der Waals surface area (Å²) in [5.41, 5.74) is 2.77. The van der Waals surface area contributed by atoms with Crippen molar-refractivity contribution < 1.29 is 14.2 Å².